The summed E-state index contributed by atoms with van der Waals surface area (Å²) in [6.07, 6.45) is -3.18. The Hall–Kier alpha value is -3.28. The summed E-state index contributed by atoms with van der Waals surface area (Å²) in [5.41, 5.74) is 7.36. The van der Waals surface area contributed by atoms with Crippen LogP contribution in [0.3, 0.4) is 0 Å². The number of pyridine rings is 2. The van der Waals surface area contributed by atoms with E-state index in [1.54, 1.807) is 19.1 Å². The van der Waals surface area contributed by atoms with Gasteiger partial charge in [-0.25, -0.2) is 4.98 Å². The smallest absolute Gasteiger partial charge is 0.408 e. The third kappa shape index (κ3) is 4.66. The lowest BCUT2D eigenvalue weighted by Gasteiger charge is -2.30. The lowest BCUT2D eigenvalue weighted by molar-refractivity contribution is -0.183. The fourth-order valence-corrected chi connectivity index (χ4v) is 4.47. The second-order valence-corrected chi connectivity index (χ2v) is 8.89. The topological polar surface area (TPSA) is 102 Å². The Kier molecular flexibility index (Phi) is 6.07. The van der Waals surface area contributed by atoms with Crippen LogP contribution in [0, 0.1) is 0 Å². The number of aromatic nitrogens is 4. The van der Waals surface area contributed by atoms with Gasteiger partial charge in [0.1, 0.15) is 29.6 Å². The Morgan fingerprint density at radius 2 is 2.00 bits per heavy atom. The number of benzene rings is 1. The first-order valence-corrected chi connectivity index (χ1v) is 11.3. The molecular formula is C24H25F3N6O2. The molecule has 0 bridgehead atoms. The van der Waals surface area contributed by atoms with Crippen LogP contribution in [0.1, 0.15) is 24.9 Å². The Morgan fingerprint density at radius 3 is 2.71 bits per heavy atom. The summed E-state index contributed by atoms with van der Waals surface area (Å²) >= 11 is 0. The molecule has 3 aromatic heterocycles. The maximum atomic E-state index is 14.1. The largest absolute Gasteiger partial charge is 0.489 e. The van der Waals surface area contributed by atoms with E-state index in [9.17, 15) is 18.3 Å². The van der Waals surface area contributed by atoms with E-state index in [-0.39, 0.29) is 31.3 Å². The van der Waals surface area contributed by atoms with E-state index >= 15 is 0 Å². The number of fused-ring (bicyclic) bond motifs is 2. The van der Waals surface area contributed by atoms with Crippen LogP contribution >= 0.6 is 0 Å². The van der Waals surface area contributed by atoms with Crippen molar-refractivity contribution < 1.29 is 23.0 Å². The van der Waals surface area contributed by atoms with E-state index < -0.39 is 18.3 Å². The number of hydrogen-bond donors (Lipinski definition) is 2. The van der Waals surface area contributed by atoms with E-state index in [4.69, 9.17) is 10.5 Å². The Morgan fingerprint density at radius 1 is 1.17 bits per heavy atom. The normalized spacial score (nSPS) is 18.9. The van der Waals surface area contributed by atoms with Gasteiger partial charge in [0.2, 0.25) is 0 Å². The van der Waals surface area contributed by atoms with Gasteiger partial charge in [0.05, 0.1) is 6.10 Å². The molecule has 1 fully saturated rings. The van der Waals surface area contributed by atoms with Crippen LogP contribution < -0.4 is 10.5 Å². The van der Waals surface area contributed by atoms with Gasteiger partial charge in [-0.1, -0.05) is 24.3 Å². The first kappa shape index (κ1) is 23.5. The number of rotatable bonds is 6. The molecule has 0 amide bonds. The molecule has 2 unspecified atom stereocenters. The Bertz CT molecular complexity index is 1360. The zero-order valence-corrected chi connectivity index (χ0v) is 19.0. The zero-order valence-electron chi connectivity index (χ0n) is 19.0. The number of halogens is 3. The third-order valence-corrected chi connectivity index (χ3v) is 6.06. The average molecular weight is 486 g/mol. The van der Waals surface area contributed by atoms with Crippen LogP contribution in [0.4, 0.5) is 13.2 Å². The molecule has 4 heterocycles. The number of aliphatic hydroxyl groups is 1. The summed E-state index contributed by atoms with van der Waals surface area (Å²) in [5.74, 6) is 0.801. The molecule has 3 atom stereocenters. The molecule has 0 spiro atoms. The second-order valence-electron chi connectivity index (χ2n) is 8.89. The van der Waals surface area contributed by atoms with E-state index in [0.717, 1.165) is 5.39 Å². The highest BCUT2D eigenvalue weighted by Crippen LogP contribution is 2.39. The fourth-order valence-electron chi connectivity index (χ4n) is 4.47. The fraction of sp³-hybridized carbons (Fsp3) is 0.375. The van der Waals surface area contributed by atoms with Crippen LogP contribution in [0.5, 0.6) is 5.75 Å². The molecule has 1 aliphatic heterocycles. The average Bonchev–Trinajstić information content (AvgIpc) is 3.42. The van der Waals surface area contributed by atoms with Crippen molar-refractivity contribution in [2.75, 3.05) is 19.7 Å². The van der Waals surface area contributed by atoms with Gasteiger partial charge in [-0.3, -0.25) is 9.30 Å². The predicted molar refractivity (Wildman–Crippen MR) is 124 cm³/mol. The molecule has 184 valence electrons. The number of para-hydroxylation sites is 1. The molecule has 0 saturated carbocycles. The van der Waals surface area contributed by atoms with Crippen molar-refractivity contribution in [3.05, 3.63) is 54.2 Å². The number of aliphatic hydroxyl groups excluding tert-OH is 1. The minimum Gasteiger partial charge on any atom is -0.489 e. The van der Waals surface area contributed by atoms with Gasteiger partial charge < -0.3 is 15.6 Å². The van der Waals surface area contributed by atoms with Crippen molar-refractivity contribution in [2.24, 2.45) is 5.73 Å². The summed E-state index contributed by atoms with van der Waals surface area (Å²) < 4.78 is 49.6. The maximum absolute atomic E-state index is 14.1. The summed E-state index contributed by atoms with van der Waals surface area (Å²) in [6.45, 7) is 2.17. The van der Waals surface area contributed by atoms with Gasteiger partial charge in [0, 0.05) is 30.7 Å². The van der Waals surface area contributed by atoms with E-state index in [1.807, 2.05) is 18.2 Å². The minimum atomic E-state index is -4.47. The Labute approximate surface area is 199 Å². The number of ether oxygens (including phenoxy) is 1. The van der Waals surface area contributed by atoms with E-state index in [2.05, 4.69) is 15.2 Å². The van der Waals surface area contributed by atoms with Gasteiger partial charge in [-0.15, -0.1) is 10.2 Å². The molecule has 0 radical (unpaired) electrons. The number of nitrogens with zero attached hydrogens (tertiary/aromatic N) is 5. The highest BCUT2D eigenvalue weighted by Gasteiger charge is 2.46. The number of nitrogens with two attached hydrogens (primary N) is 1. The summed E-state index contributed by atoms with van der Waals surface area (Å²) in [7, 11) is 0. The molecule has 3 N–H and O–H groups in total. The molecule has 1 saturated heterocycles. The van der Waals surface area contributed by atoms with Crippen molar-refractivity contribution >= 4 is 16.6 Å². The minimum absolute atomic E-state index is 0.0851. The number of likely N-dealkylation sites (tertiary alicyclic amines) is 1. The van der Waals surface area contributed by atoms with Crippen molar-refractivity contribution in [1.29, 1.82) is 0 Å². The molecule has 4 aromatic rings. The lowest BCUT2D eigenvalue weighted by Crippen LogP contribution is -2.38. The van der Waals surface area contributed by atoms with Crippen LogP contribution in [0.15, 0.2) is 48.7 Å². The first-order chi connectivity index (χ1) is 16.7. The van der Waals surface area contributed by atoms with E-state index in [0.29, 0.717) is 34.9 Å². The quantitative estimate of drug-likeness (QED) is 0.431. The van der Waals surface area contributed by atoms with Gasteiger partial charge in [0.25, 0.3) is 0 Å². The Balaban J connectivity index is 1.57. The van der Waals surface area contributed by atoms with Crippen molar-refractivity contribution in [1.82, 2.24) is 24.5 Å². The SMILES string of the molecule is CC(O)COc1cccc2ccc(-c3nnc4ccc([C@@H](N5CCC(N)C5)C(F)(F)F)cn34)nc12. The maximum Gasteiger partial charge on any atom is 0.408 e. The highest BCUT2D eigenvalue weighted by atomic mass is 19.4. The highest BCUT2D eigenvalue weighted by molar-refractivity contribution is 5.86. The molecule has 11 heteroatoms. The van der Waals surface area contributed by atoms with Gasteiger partial charge in [0.15, 0.2) is 11.5 Å². The molecule has 1 aliphatic rings. The van der Waals surface area contributed by atoms with E-state index in [1.165, 1.54) is 27.6 Å². The molecular weight excluding hydrogens is 461 g/mol. The van der Waals surface area contributed by atoms with Crippen molar-refractivity contribution in [3.63, 3.8) is 0 Å². The standard InChI is InChI=1S/C24H25F3N6O2/c1-14(34)13-35-19-4-2-3-15-5-7-18(29-21(15)19)23-31-30-20-8-6-16(11-33(20)23)22(24(25,26)27)32-10-9-17(28)12-32/h2-8,11,14,17,22,34H,9-10,12-13,28H2,1H3/t14?,17?,22-/m1/s1. The molecule has 1 aromatic carbocycles. The first-order valence-electron chi connectivity index (χ1n) is 11.3. The van der Waals surface area contributed by atoms with Crippen LogP contribution in [0.2, 0.25) is 0 Å². The van der Waals surface area contributed by atoms with Crippen LogP contribution in [0.25, 0.3) is 28.1 Å². The molecule has 5 rings (SSSR count). The third-order valence-electron chi connectivity index (χ3n) is 6.06. The molecule has 35 heavy (non-hydrogen) atoms. The molecule has 0 aliphatic carbocycles. The van der Waals surface area contributed by atoms with Gasteiger partial charge >= 0.3 is 6.18 Å². The predicted octanol–water partition coefficient (Wildman–Crippen LogP) is 3.34. The number of alkyl halides is 3. The summed E-state index contributed by atoms with van der Waals surface area (Å²) in [4.78, 5) is 6.05. The summed E-state index contributed by atoms with van der Waals surface area (Å²) in [6, 6.07) is 9.92. The zero-order chi connectivity index (χ0) is 24.7. The van der Waals surface area contributed by atoms with Gasteiger partial charge in [-0.2, -0.15) is 13.2 Å². The second kappa shape index (κ2) is 9.06. The van der Waals surface area contributed by atoms with Crippen LogP contribution in [-0.4, -0.2) is 67.6 Å². The lowest BCUT2D eigenvalue weighted by atomic mass is 10.1. The molecule has 8 nitrogen and oxygen atoms in total. The summed E-state index contributed by atoms with van der Waals surface area (Å²) in [5, 5.41) is 18.7. The number of hydrogen-bond acceptors (Lipinski definition) is 7. The van der Waals surface area contributed by atoms with Gasteiger partial charge in [-0.05, 0) is 37.1 Å². The van der Waals surface area contributed by atoms with Crippen LogP contribution in [-0.2, 0) is 0 Å². The van der Waals surface area contributed by atoms with Crippen molar-refractivity contribution in [3.8, 4) is 17.3 Å². The van der Waals surface area contributed by atoms with Crippen molar-refractivity contribution in [2.45, 2.75) is 37.7 Å². The monoisotopic (exact) mass is 486 g/mol.